The van der Waals surface area contributed by atoms with Crippen LogP contribution in [0.25, 0.3) is 33.7 Å². The number of hydrogen-bond donors (Lipinski definition) is 2. The minimum Gasteiger partial charge on any atom is -0.506 e. The number of benzene rings is 2. The number of nitrogens with one attached hydrogen (secondary N) is 1. The Labute approximate surface area is 153 Å². The van der Waals surface area contributed by atoms with Crippen molar-refractivity contribution in [1.82, 2.24) is 15.1 Å². The summed E-state index contributed by atoms with van der Waals surface area (Å²) >= 11 is 0. The summed E-state index contributed by atoms with van der Waals surface area (Å²) in [5.74, 6) is 0.825. The average Bonchev–Trinajstić information content (AvgIpc) is 3.16. The minimum absolute atomic E-state index is 0.0886. The third-order valence-corrected chi connectivity index (χ3v) is 4.18. The number of hydrogen-bond acceptors (Lipinski definition) is 7. The van der Waals surface area contributed by atoms with Gasteiger partial charge in [-0.3, -0.25) is 4.79 Å². The number of aromatic amines is 1. The first-order chi connectivity index (χ1) is 13.1. The molecule has 27 heavy (non-hydrogen) atoms. The van der Waals surface area contributed by atoms with Crippen molar-refractivity contribution >= 4 is 10.9 Å². The number of aromatic hydroxyl groups is 1. The highest BCUT2D eigenvalue weighted by Crippen LogP contribution is 2.38. The number of para-hydroxylation sites is 2. The molecule has 0 amide bonds. The standard InChI is InChI=1S/C19H15N3O5/c1-25-13-9-5-7-11(16(13)26-2)17-21-19(27-22-17)14-15(23)10-6-3-4-8-12(10)20-18(14)24/h3-9H,1-2H3,(H2,20,23,24). The van der Waals surface area contributed by atoms with Crippen LogP contribution in [0.1, 0.15) is 0 Å². The van der Waals surface area contributed by atoms with Crippen LogP contribution in [-0.4, -0.2) is 34.5 Å². The Balaban J connectivity index is 1.88. The molecule has 2 heterocycles. The largest absolute Gasteiger partial charge is 0.506 e. The van der Waals surface area contributed by atoms with E-state index in [1.807, 2.05) is 0 Å². The van der Waals surface area contributed by atoms with Crippen molar-refractivity contribution in [2.45, 2.75) is 0 Å². The van der Waals surface area contributed by atoms with Gasteiger partial charge in [-0.15, -0.1) is 0 Å². The highest BCUT2D eigenvalue weighted by molar-refractivity contribution is 5.90. The predicted octanol–water partition coefficient (Wildman–Crippen LogP) is 2.97. The second kappa shape index (κ2) is 6.49. The summed E-state index contributed by atoms with van der Waals surface area (Å²) in [6.07, 6.45) is 0. The topological polar surface area (TPSA) is 110 Å². The van der Waals surface area contributed by atoms with Crippen molar-refractivity contribution in [2.75, 3.05) is 14.2 Å². The molecule has 0 aliphatic carbocycles. The SMILES string of the molecule is COc1cccc(-c2noc(-c3c(O)c4ccccc4[nH]c3=O)n2)c1OC. The first-order valence-electron chi connectivity index (χ1n) is 8.03. The predicted molar refractivity (Wildman–Crippen MR) is 98.1 cm³/mol. The third kappa shape index (κ3) is 2.67. The van der Waals surface area contributed by atoms with E-state index in [-0.39, 0.29) is 23.0 Å². The summed E-state index contributed by atoms with van der Waals surface area (Å²) in [4.78, 5) is 19.4. The van der Waals surface area contributed by atoms with Gasteiger partial charge < -0.3 is 24.1 Å². The fourth-order valence-corrected chi connectivity index (χ4v) is 2.92. The van der Waals surface area contributed by atoms with E-state index in [4.69, 9.17) is 14.0 Å². The highest BCUT2D eigenvalue weighted by atomic mass is 16.5. The lowest BCUT2D eigenvalue weighted by molar-refractivity contribution is 0.355. The normalized spacial score (nSPS) is 10.9. The molecule has 0 aliphatic heterocycles. The van der Waals surface area contributed by atoms with Gasteiger partial charge in [-0.2, -0.15) is 4.98 Å². The van der Waals surface area contributed by atoms with Gasteiger partial charge in [0.05, 0.1) is 25.3 Å². The summed E-state index contributed by atoms with van der Waals surface area (Å²) in [5, 5.41) is 15.0. The smallest absolute Gasteiger partial charge is 0.267 e. The molecule has 8 nitrogen and oxygen atoms in total. The van der Waals surface area contributed by atoms with Gasteiger partial charge in [0.15, 0.2) is 11.5 Å². The number of fused-ring (bicyclic) bond motifs is 1. The van der Waals surface area contributed by atoms with Crippen LogP contribution in [-0.2, 0) is 0 Å². The van der Waals surface area contributed by atoms with E-state index in [9.17, 15) is 9.90 Å². The van der Waals surface area contributed by atoms with Gasteiger partial charge in [-0.1, -0.05) is 23.4 Å². The van der Waals surface area contributed by atoms with Gasteiger partial charge in [0.25, 0.3) is 11.4 Å². The zero-order valence-corrected chi connectivity index (χ0v) is 14.5. The van der Waals surface area contributed by atoms with Crippen LogP contribution < -0.4 is 15.0 Å². The Kier molecular flexibility index (Phi) is 4.00. The molecule has 0 fully saturated rings. The molecular weight excluding hydrogens is 350 g/mol. The van der Waals surface area contributed by atoms with Gasteiger partial charge >= 0.3 is 0 Å². The Bertz CT molecular complexity index is 1200. The van der Waals surface area contributed by atoms with Crippen molar-refractivity contribution in [1.29, 1.82) is 0 Å². The van der Waals surface area contributed by atoms with Crippen LogP contribution in [0.15, 0.2) is 51.8 Å². The van der Waals surface area contributed by atoms with E-state index < -0.39 is 5.56 Å². The lowest BCUT2D eigenvalue weighted by Gasteiger charge is -2.09. The molecule has 0 unspecified atom stereocenters. The lowest BCUT2D eigenvalue weighted by atomic mass is 10.1. The molecule has 0 bridgehead atoms. The molecule has 0 saturated carbocycles. The Morgan fingerprint density at radius 2 is 1.89 bits per heavy atom. The van der Waals surface area contributed by atoms with E-state index in [1.165, 1.54) is 14.2 Å². The molecule has 0 atom stereocenters. The van der Waals surface area contributed by atoms with Gasteiger partial charge in [0.2, 0.25) is 5.82 Å². The third-order valence-electron chi connectivity index (χ3n) is 4.18. The maximum Gasteiger partial charge on any atom is 0.267 e. The number of pyridine rings is 1. The molecule has 0 radical (unpaired) electrons. The van der Waals surface area contributed by atoms with E-state index in [2.05, 4.69) is 15.1 Å². The molecule has 4 rings (SSSR count). The fourth-order valence-electron chi connectivity index (χ4n) is 2.92. The van der Waals surface area contributed by atoms with E-state index in [0.717, 1.165) is 0 Å². The van der Waals surface area contributed by atoms with Crippen LogP contribution in [0.2, 0.25) is 0 Å². The Morgan fingerprint density at radius 1 is 1.07 bits per heavy atom. The van der Waals surface area contributed by atoms with Crippen LogP contribution in [0.5, 0.6) is 17.2 Å². The minimum atomic E-state index is -0.529. The summed E-state index contributed by atoms with van der Waals surface area (Å²) < 4.78 is 15.9. The van der Waals surface area contributed by atoms with Gasteiger partial charge in [-0.25, -0.2) is 0 Å². The van der Waals surface area contributed by atoms with Crippen molar-refractivity contribution < 1.29 is 19.1 Å². The fraction of sp³-hybridized carbons (Fsp3) is 0.105. The van der Waals surface area contributed by atoms with Gasteiger partial charge in [0, 0.05) is 5.39 Å². The number of nitrogens with zero attached hydrogens (tertiary/aromatic N) is 2. The molecule has 0 aliphatic rings. The number of aromatic nitrogens is 3. The van der Waals surface area contributed by atoms with Crippen molar-refractivity contribution in [3.8, 4) is 40.1 Å². The average molecular weight is 365 g/mol. The summed E-state index contributed by atoms with van der Waals surface area (Å²) in [7, 11) is 3.03. The van der Waals surface area contributed by atoms with Gasteiger partial charge in [0.1, 0.15) is 11.3 Å². The number of rotatable bonds is 4. The molecular formula is C19H15N3O5. The van der Waals surface area contributed by atoms with Crippen molar-refractivity contribution in [3.63, 3.8) is 0 Å². The Hall–Kier alpha value is -3.81. The Morgan fingerprint density at radius 3 is 2.67 bits per heavy atom. The van der Waals surface area contributed by atoms with E-state index in [1.54, 1.807) is 42.5 Å². The zero-order chi connectivity index (χ0) is 19.0. The van der Waals surface area contributed by atoms with Crippen LogP contribution in [0.3, 0.4) is 0 Å². The summed E-state index contributed by atoms with van der Waals surface area (Å²) in [6, 6.07) is 12.1. The van der Waals surface area contributed by atoms with E-state index in [0.29, 0.717) is 28.0 Å². The molecule has 0 saturated heterocycles. The molecule has 4 aromatic rings. The van der Waals surface area contributed by atoms with Crippen LogP contribution in [0, 0.1) is 0 Å². The van der Waals surface area contributed by atoms with Crippen LogP contribution in [0.4, 0.5) is 0 Å². The lowest BCUT2D eigenvalue weighted by Crippen LogP contribution is -2.09. The molecule has 0 spiro atoms. The maximum atomic E-state index is 12.4. The quantitative estimate of drug-likeness (QED) is 0.572. The number of H-pyrrole nitrogens is 1. The number of methoxy groups -OCH3 is 2. The molecule has 8 heteroatoms. The second-order valence-electron chi connectivity index (χ2n) is 5.69. The second-order valence-corrected chi connectivity index (χ2v) is 5.69. The zero-order valence-electron chi connectivity index (χ0n) is 14.5. The molecule has 2 N–H and O–H groups in total. The monoisotopic (exact) mass is 365 g/mol. The number of ether oxygens (including phenoxy) is 2. The van der Waals surface area contributed by atoms with Crippen molar-refractivity contribution in [3.05, 3.63) is 52.8 Å². The summed E-state index contributed by atoms with van der Waals surface area (Å²) in [6.45, 7) is 0. The summed E-state index contributed by atoms with van der Waals surface area (Å²) in [5.41, 5.74) is 0.426. The first-order valence-corrected chi connectivity index (χ1v) is 8.03. The molecule has 136 valence electrons. The van der Waals surface area contributed by atoms with Crippen molar-refractivity contribution in [2.24, 2.45) is 0 Å². The highest BCUT2D eigenvalue weighted by Gasteiger charge is 2.22. The van der Waals surface area contributed by atoms with Crippen LogP contribution >= 0.6 is 0 Å². The maximum absolute atomic E-state index is 12.4. The molecule has 2 aromatic carbocycles. The molecule has 2 aromatic heterocycles. The first kappa shape index (κ1) is 16.6. The van der Waals surface area contributed by atoms with Gasteiger partial charge in [-0.05, 0) is 24.3 Å². The van der Waals surface area contributed by atoms with E-state index >= 15 is 0 Å².